The fourth-order valence-corrected chi connectivity index (χ4v) is 2.48. The third-order valence-electron chi connectivity index (χ3n) is 2.23. The summed E-state index contributed by atoms with van der Waals surface area (Å²) in [7, 11) is 0. The number of benzene rings is 1. The molecular weight excluding hydrogens is 274 g/mol. The number of nitro benzene ring substituents is 1. The number of alkyl halides is 1. The van der Waals surface area contributed by atoms with Crippen molar-refractivity contribution in [1.82, 2.24) is 0 Å². The summed E-state index contributed by atoms with van der Waals surface area (Å²) in [5, 5.41) is 10.8. The van der Waals surface area contributed by atoms with Crippen LogP contribution < -0.4 is 4.74 Å². The van der Waals surface area contributed by atoms with Crippen molar-refractivity contribution in [2.75, 3.05) is 18.2 Å². The van der Waals surface area contributed by atoms with E-state index in [0.29, 0.717) is 24.2 Å². The summed E-state index contributed by atoms with van der Waals surface area (Å²) in [6.45, 7) is 4.28. The van der Waals surface area contributed by atoms with E-state index in [1.54, 1.807) is 30.8 Å². The smallest absolute Gasteiger partial charge is 0.310 e. The van der Waals surface area contributed by atoms with Crippen molar-refractivity contribution in [3.63, 3.8) is 0 Å². The molecule has 1 aromatic rings. The van der Waals surface area contributed by atoms with Crippen molar-refractivity contribution in [3.05, 3.63) is 28.3 Å². The van der Waals surface area contributed by atoms with E-state index < -0.39 is 4.92 Å². The van der Waals surface area contributed by atoms with E-state index in [1.165, 1.54) is 6.07 Å². The van der Waals surface area contributed by atoms with Gasteiger partial charge >= 0.3 is 5.69 Å². The molecule has 1 aromatic carbocycles. The second-order valence-electron chi connectivity index (χ2n) is 3.89. The molecule has 1 atom stereocenters. The van der Waals surface area contributed by atoms with Gasteiger partial charge in [-0.2, -0.15) is 0 Å². The number of nitro groups is 1. The zero-order chi connectivity index (χ0) is 13.5. The van der Waals surface area contributed by atoms with Crippen LogP contribution in [-0.4, -0.2) is 23.2 Å². The molecule has 0 aliphatic heterocycles. The van der Waals surface area contributed by atoms with Crippen LogP contribution in [0.2, 0.25) is 0 Å². The van der Waals surface area contributed by atoms with Gasteiger partial charge in [0, 0.05) is 28.7 Å². The van der Waals surface area contributed by atoms with Crippen LogP contribution in [0.15, 0.2) is 23.1 Å². The zero-order valence-electron chi connectivity index (χ0n) is 10.4. The molecule has 0 N–H and O–H groups in total. The first-order chi connectivity index (χ1) is 8.58. The predicted molar refractivity (Wildman–Crippen MR) is 74.9 cm³/mol. The standard InChI is InChI=1S/C12H16ClNO3S/c1-3-17-12-6-10(18-8-9(2)7-13)4-5-11(12)14(15)16/h4-6,9H,3,7-8H2,1-2H3. The van der Waals surface area contributed by atoms with Gasteiger partial charge in [-0.05, 0) is 18.9 Å². The molecule has 1 rings (SSSR count). The van der Waals surface area contributed by atoms with Crippen LogP contribution in [0, 0.1) is 16.0 Å². The molecule has 0 spiro atoms. The minimum absolute atomic E-state index is 0.00610. The predicted octanol–water partition coefficient (Wildman–Crippen LogP) is 3.96. The van der Waals surface area contributed by atoms with Gasteiger partial charge in [-0.1, -0.05) is 6.92 Å². The summed E-state index contributed by atoms with van der Waals surface area (Å²) >= 11 is 7.37. The monoisotopic (exact) mass is 289 g/mol. The zero-order valence-corrected chi connectivity index (χ0v) is 12.0. The number of hydrogen-bond acceptors (Lipinski definition) is 4. The largest absolute Gasteiger partial charge is 0.487 e. The average molecular weight is 290 g/mol. The average Bonchev–Trinajstić information content (AvgIpc) is 2.36. The van der Waals surface area contributed by atoms with Crippen LogP contribution in [0.3, 0.4) is 0 Å². The van der Waals surface area contributed by atoms with E-state index in [0.717, 1.165) is 10.6 Å². The van der Waals surface area contributed by atoms with Crippen LogP contribution in [-0.2, 0) is 0 Å². The fraction of sp³-hybridized carbons (Fsp3) is 0.500. The second kappa shape index (κ2) is 7.48. The van der Waals surface area contributed by atoms with Gasteiger partial charge in [-0.15, -0.1) is 23.4 Å². The third-order valence-corrected chi connectivity index (χ3v) is 4.08. The Kier molecular flexibility index (Phi) is 6.29. The molecule has 0 heterocycles. The highest BCUT2D eigenvalue weighted by atomic mass is 35.5. The van der Waals surface area contributed by atoms with E-state index in [-0.39, 0.29) is 5.69 Å². The van der Waals surface area contributed by atoms with Gasteiger partial charge in [0.2, 0.25) is 0 Å². The van der Waals surface area contributed by atoms with Crippen molar-refractivity contribution in [2.24, 2.45) is 5.92 Å². The van der Waals surface area contributed by atoms with Gasteiger partial charge in [0.1, 0.15) is 0 Å². The molecule has 6 heteroatoms. The Balaban J connectivity index is 2.82. The maximum absolute atomic E-state index is 10.8. The fourth-order valence-electron chi connectivity index (χ4n) is 1.29. The number of hydrogen-bond donors (Lipinski definition) is 0. The van der Waals surface area contributed by atoms with Crippen molar-refractivity contribution in [2.45, 2.75) is 18.7 Å². The SMILES string of the molecule is CCOc1cc(SCC(C)CCl)ccc1[N+](=O)[O-]. The molecule has 100 valence electrons. The minimum atomic E-state index is -0.430. The quantitative estimate of drug-likeness (QED) is 0.330. The molecule has 0 saturated carbocycles. The highest BCUT2D eigenvalue weighted by Crippen LogP contribution is 2.32. The Morgan fingerprint density at radius 2 is 2.28 bits per heavy atom. The normalized spacial score (nSPS) is 12.2. The molecule has 0 bridgehead atoms. The molecule has 0 radical (unpaired) electrons. The van der Waals surface area contributed by atoms with E-state index in [1.807, 2.05) is 0 Å². The van der Waals surface area contributed by atoms with Crippen LogP contribution in [0.1, 0.15) is 13.8 Å². The summed E-state index contributed by atoms with van der Waals surface area (Å²) in [4.78, 5) is 11.4. The van der Waals surface area contributed by atoms with E-state index in [4.69, 9.17) is 16.3 Å². The Morgan fingerprint density at radius 3 is 2.83 bits per heavy atom. The van der Waals surface area contributed by atoms with Crippen LogP contribution >= 0.6 is 23.4 Å². The summed E-state index contributed by atoms with van der Waals surface area (Å²) in [6.07, 6.45) is 0. The Labute approximate surface area is 116 Å². The third kappa shape index (κ3) is 4.38. The lowest BCUT2D eigenvalue weighted by molar-refractivity contribution is -0.385. The lowest BCUT2D eigenvalue weighted by Gasteiger charge is -2.09. The van der Waals surface area contributed by atoms with Crippen molar-refractivity contribution in [1.29, 1.82) is 0 Å². The molecule has 0 amide bonds. The molecule has 0 aliphatic rings. The maximum atomic E-state index is 10.8. The van der Waals surface area contributed by atoms with Crippen molar-refractivity contribution >= 4 is 29.1 Å². The highest BCUT2D eigenvalue weighted by Gasteiger charge is 2.15. The number of halogens is 1. The topological polar surface area (TPSA) is 52.4 Å². The molecule has 18 heavy (non-hydrogen) atoms. The molecule has 4 nitrogen and oxygen atoms in total. The first kappa shape index (κ1) is 15.1. The second-order valence-corrected chi connectivity index (χ2v) is 5.29. The number of ether oxygens (including phenoxy) is 1. The van der Waals surface area contributed by atoms with Crippen LogP contribution in [0.4, 0.5) is 5.69 Å². The van der Waals surface area contributed by atoms with E-state index in [2.05, 4.69) is 6.92 Å². The summed E-state index contributed by atoms with van der Waals surface area (Å²) in [5.41, 5.74) is 0.00610. The number of nitrogens with zero attached hydrogens (tertiary/aromatic N) is 1. The van der Waals surface area contributed by atoms with Gasteiger partial charge in [0.25, 0.3) is 0 Å². The van der Waals surface area contributed by atoms with Gasteiger partial charge < -0.3 is 4.74 Å². The molecule has 0 aromatic heterocycles. The summed E-state index contributed by atoms with van der Waals surface area (Å²) in [6, 6.07) is 4.94. The Hall–Kier alpha value is -0.940. The summed E-state index contributed by atoms with van der Waals surface area (Å²) < 4.78 is 5.29. The van der Waals surface area contributed by atoms with Crippen LogP contribution in [0.5, 0.6) is 5.75 Å². The Morgan fingerprint density at radius 1 is 1.56 bits per heavy atom. The van der Waals surface area contributed by atoms with Crippen molar-refractivity contribution < 1.29 is 9.66 Å². The molecular formula is C12H16ClNO3S. The van der Waals surface area contributed by atoms with Gasteiger partial charge in [0.05, 0.1) is 11.5 Å². The molecule has 1 unspecified atom stereocenters. The summed E-state index contributed by atoms with van der Waals surface area (Å²) in [5.74, 6) is 2.22. The lowest BCUT2D eigenvalue weighted by Crippen LogP contribution is -2.00. The van der Waals surface area contributed by atoms with E-state index >= 15 is 0 Å². The Bertz CT molecular complexity index is 414. The lowest BCUT2D eigenvalue weighted by atomic mass is 10.3. The number of rotatable bonds is 7. The van der Waals surface area contributed by atoms with Gasteiger partial charge in [0.15, 0.2) is 5.75 Å². The molecule has 0 fully saturated rings. The van der Waals surface area contributed by atoms with Crippen molar-refractivity contribution in [3.8, 4) is 5.75 Å². The molecule has 0 saturated heterocycles. The first-order valence-electron chi connectivity index (χ1n) is 5.68. The molecule has 0 aliphatic carbocycles. The van der Waals surface area contributed by atoms with Gasteiger partial charge in [-0.3, -0.25) is 10.1 Å². The minimum Gasteiger partial charge on any atom is -0.487 e. The van der Waals surface area contributed by atoms with E-state index in [9.17, 15) is 10.1 Å². The number of thioether (sulfide) groups is 1. The van der Waals surface area contributed by atoms with Crippen LogP contribution in [0.25, 0.3) is 0 Å². The highest BCUT2D eigenvalue weighted by molar-refractivity contribution is 7.99. The van der Waals surface area contributed by atoms with Gasteiger partial charge in [-0.25, -0.2) is 0 Å². The maximum Gasteiger partial charge on any atom is 0.310 e. The first-order valence-corrected chi connectivity index (χ1v) is 7.20.